The van der Waals surface area contributed by atoms with Crippen molar-refractivity contribution >= 4 is 11.9 Å². The highest BCUT2D eigenvalue weighted by Gasteiger charge is 2.23. The number of rotatable bonds is 8. The van der Waals surface area contributed by atoms with Gasteiger partial charge in [0.1, 0.15) is 0 Å². The largest absolute Gasteiger partial charge is 0.493 e. The molecule has 156 valence electrons. The number of ether oxygens (including phenoxy) is 3. The summed E-state index contributed by atoms with van der Waals surface area (Å²) >= 11 is 0. The van der Waals surface area contributed by atoms with Crippen LogP contribution in [-0.4, -0.2) is 57.7 Å². The third-order valence-electron chi connectivity index (χ3n) is 4.78. The number of guanidine groups is 1. The smallest absolute Gasteiger partial charge is 0.217 e. The molecule has 1 saturated heterocycles. The predicted molar refractivity (Wildman–Crippen MR) is 109 cm³/mol. The van der Waals surface area contributed by atoms with Crippen LogP contribution in [0, 0.1) is 5.92 Å². The summed E-state index contributed by atoms with van der Waals surface area (Å²) in [4.78, 5) is 18.3. The van der Waals surface area contributed by atoms with Gasteiger partial charge in [-0.25, -0.2) is 4.99 Å². The minimum atomic E-state index is -0.244. The molecule has 1 heterocycles. The molecular weight excluding hydrogens is 360 g/mol. The van der Waals surface area contributed by atoms with Crippen molar-refractivity contribution in [2.24, 2.45) is 16.6 Å². The molecule has 0 bridgehead atoms. The highest BCUT2D eigenvalue weighted by Crippen LogP contribution is 2.38. The van der Waals surface area contributed by atoms with E-state index in [1.54, 1.807) is 21.3 Å². The van der Waals surface area contributed by atoms with Gasteiger partial charge >= 0.3 is 0 Å². The Hall–Kier alpha value is -2.64. The number of nitrogens with zero attached hydrogens (tertiary/aromatic N) is 2. The van der Waals surface area contributed by atoms with E-state index in [-0.39, 0.29) is 11.8 Å². The van der Waals surface area contributed by atoms with Crippen LogP contribution in [0.5, 0.6) is 17.2 Å². The Labute approximate surface area is 167 Å². The number of hydrogen-bond acceptors (Lipinski definition) is 5. The fourth-order valence-electron chi connectivity index (χ4n) is 3.53. The lowest BCUT2D eigenvalue weighted by molar-refractivity contribution is -0.119. The maximum absolute atomic E-state index is 11.3. The van der Waals surface area contributed by atoms with Crippen LogP contribution in [0.3, 0.4) is 0 Å². The molecular formula is C20H32N4O4. The van der Waals surface area contributed by atoms with Crippen LogP contribution in [0.4, 0.5) is 0 Å². The molecule has 0 saturated carbocycles. The van der Waals surface area contributed by atoms with Gasteiger partial charge < -0.3 is 30.2 Å². The van der Waals surface area contributed by atoms with Crippen molar-refractivity contribution in [2.75, 3.05) is 41.0 Å². The van der Waals surface area contributed by atoms with E-state index in [0.29, 0.717) is 30.2 Å². The van der Waals surface area contributed by atoms with E-state index in [2.05, 4.69) is 10.2 Å². The highest BCUT2D eigenvalue weighted by atomic mass is 16.5. The number of piperidine rings is 1. The summed E-state index contributed by atoms with van der Waals surface area (Å²) in [6.45, 7) is 4.97. The van der Waals surface area contributed by atoms with Crippen molar-refractivity contribution in [3.8, 4) is 17.2 Å². The summed E-state index contributed by atoms with van der Waals surface area (Å²) in [6, 6.07) is 3.81. The number of primary amides is 1. The van der Waals surface area contributed by atoms with Gasteiger partial charge in [-0.05, 0) is 43.4 Å². The Morgan fingerprint density at radius 1 is 1.25 bits per heavy atom. The van der Waals surface area contributed by atoms with Crippen LogP contribution in [0.1, 0.15) is 31.7 Å². The molecule has 1 fully saturated rings. The normalized spacial score (nSPS) is 17.2. The van der Waals surface area contributed by atoms with Crippen molar-refractivity contribution < 1.29 is 19.0 Å². The van der Waals surface area contributed by atoms with E-state index in [1.807, 2.05) is 19.1 Å². The molecule has 0 spiro atoms. The third kappa shape index (κ3) is 5.68. The summed E-state index contributed by atoms with van der Waals surface area (Å²) in [7, 11) is 4.78. The van der Waals surface area contributed by atoms with Crippen LogP contribution in [0.2, 0.25) is 0 Å². The number of amides is 1. The zero-order chi connectivity index (χ0) is 20.5. The quantitative estimate of drug-likeness (QED) is 0.517. The molecule has 1 aromatic rings. The van der Waals surface area contributed by atoms with Gasteiger partial charge in [-0.1, -0.05) is 0 Å². The number of carbonyl (C=O) groups excluding carboxylic acids is 1. The first kappa shape index (κ1) is 21.7. The minimum Gasteiger partial charge on any atom is -0.493 e. The molecule has 3 N–H and O–H groups in total. The van der Waals surface area contributed by atoms with Gasteiger partial charge in [0, 0.05) is 26.1 Å². The van der Waals surface area contributed by atoms with Gasteiger partial charge in [-0.3, -0.25) is 4.79 Å². The number of methoxy groups -OCH3 is 3. The van der Waals surface area contributed by atoms with Crippen molar-refractivity contribution in [1.82, 2.24) is 10.2 Å². The Balaban J connectivity index is 2.19. The molecule has 28 heavy (non-hydrogen) atoms. The van der Waals surface area contributed by atoms with E-state index >= 15 is 0 Å². The Kier molecular flexibility index (Phi) is 8.22. The zero-order valence-electron chi connectivity index (χ0n) is 17.3. The molecule has 1 aromatic carbocycles. The molecule has 1 amide bonds. The van der Waals surface area contributed by atoms with Crippen LogP contribution in [0.25, 0.3) is 0 Å². The molecule has 1 aliphatic heterocycles. The van der Waals surface area contributed by atoms with E-state index < -0.39 is 0 Å². The lowest BCUT2D eigenvalue weighted by atomic mass is 9.95. The van der Waals surface area contributed by atoms with Gasteiger partial charge in [-0.2, -0.15) is 0 Å². The average Bonchev–Trinajstić information content (AvgIpc) is 2.69. The van der Waals surface area contributed by atoms with Crippen molar-refractivity contribution in [3.63, 3.8) is 0 Å². The van der Waals surface area contributed by atoms with Gasteiger partial charge in [-0.15, -0.1) is 0 Å². The van der Waals surface area contributed by atoms with E-state index in [1.165, 1.54) is 0 Å². The molecule has 8 nitrogen and oxygen atoms in total. The van der Waals surface area contributed by atoms with E-state index in [0.717, 1.165) is 44.0 Å². The first-order chi connectivity index (χ1) is 13.5. The van der Waals surface area contributed by atoms with Crippen LogP contribution < -0.4 is 25.3 Å². The second kappa shape index (κ2) is 10.6. The van der Waals surface area contributed by atoms with Crippen LogP contribution in [0.15, 0.2) is 17.1 Å². The number of carbonyl (C=O) groups is 1. The number of nitrogens with two attached hydrogens (primary N) is 1. The maximum atomic E-state index is 11.3. The number of benzene rings is 1. The molecule has 0 radical (unpaired) electrons. The highest BCUT2D eigenvalue weighted by molar-refractivity contribution is 5.80. The van der Waals surface area contributed by atoms with Gasteiger partial charge in [0.2, 0.25) is 11.7 Å². The summed E-state index contributed by atoms with van der Waals surface area (Å²) in [5, 5.41) is 3.35. The monoisotopic (exact) mass is 392 g/mol. The summed E-state index contributed by atoms with van der Waals surface area (Å²) < 4.78 is 16.2. The Morgan fingerprint density at radius 3 is 2.46 bits per heavy atom. The van der Waals surface area contributed by atoms with Gasteiger partial charge in [0.15, 0.2) is 17.5 Å². The minimum absolute atomic E-state index is 0.244. The second-order valence-electron chi connectivity index (χ2n) is 6.83. The van der Waals surface area contributed by atoms with Crippen LogP contribution in [-0.2, 0) is 11.3 Å². The third-order valence-corrected chi connectivity index (χ3v) is 4.78. The number of nitrogens with one attached hydrogen (secondary N) is 1. The Morgan fingerprint density at radius 2 is 1.93 bits per heavy atom. The van der Waals surface area contributed by atoms with E-state index in [9.17, 15) is 4.79 Å². The second-order valence-corrected chi connectivity index (χ2v) is 6.83. The molecule has 1 atom stereocenters. The fraction of sp³-hybridized carbons (Fsp3) is 0.600. The predicted octanol–water partition coefficient (Wildman–Crippen LogP) is 1.77. The van der Waals surface area contributed by atoms with E-state index in [4.69, 9.17) is 24.9 Å². The van der Waals surface area contributed by atoms with Gasteiger partial charge in [0.25, 0.3) is 0 Å². The standard InChI is InChI=1S/C20H32N4O4/c1-5-22-20(24-8-6-7-14(13-24)11-18(21)25)23-12-15-9-16(26-2)19(28-4)17(10-15)27-3/h9-10,14H,5-8,11-13H2,1-4H3,(H2,21,25)(H,22,23). The lowest BCUT2D eigenvalue weighted by Gasteiger charge is -2.34. The van der Waals surface area contributed by atoms with Gasteiger partial charge in [0.05, 0.1) is 27.9 Å². The first-order valence-electron chi connectivity index (χ1n) is 9.62. The average molecular weight is 393 g/mol. The summed E-state index contributed by atoms with van der Waals surface area (Å²) in [6.07, 6.45) is 2.46. The molecule has 0 aromatic heterocycles. The first-order valence-corrected chi connectivity index (χ1v) is 9.62. The SMILES string of the molecule is CCNC(=NCc1cc(OC)c(OC)c(OC)c1)N1CCCC(CC(N)=O)C1. The lowest BCUT2D eigenvalue weighted by Crippen LogP contribution is -2.47. The Bertz CT molecular complexity index is 668. The number of hydrogen-bond donors (Lipinski definition) is 2. The van der Waals surface area contributed by atoms with Crippen LogP contribution >= 0.6 is 0 Å². The number of likely N-dealkylation sites (tertiary alicyclic amines) is 1. The molecule has 2 rings (SSSR count). The number of aliphatic imine (C=N–C) groups is 1. The maximum Gasteiger partial charge on any atom is 0.217 e. The fourth-order valence-corrected chi connectivity index (χ4v) is 3.53. The van der Waals surface area contributed by atoms with Crippen molar-refractivity contribution in [1.29, 1.82) is 0 Å². The van der Waals surface area contributed by atoms with Crippen molar-refractivity contribution in [2.45, 2.75) is 32.7 Å². The summed E-state index contributed by atoms with van der Waals surface area (Å²) in [5.74, 6) is 2.65. The van der Waals surface area contributed by atoms with Crippen molar-refractivity contribution in [3.05, 3.63) is 17.7 Å². The zero-order valence-corrected chi connectivity index (χ0v) is 17.3. The molecule has 1 aliphatic rings. The molecule has 8 heteroatoms. The molecule has 0 aliphatic carbocycles. The topological polar surface area (TPSA) is 98.4 Å². The molecule has 1 unspecified atom stereocenters. The summed E-state index contributed by atoms with van der Waals surface area (Å²) in [5.41, 5.74) is 6.33.